The van der Waals surface area contributed by atoms with Gasteiger partial charge < -0.3 is 0 Å². The second-order valence-corrected chi connectivity index (χ2v) is 5.25. The van der Waals surface area contributed by atoms with Crippen LogP contribution in [0.3, 0.4) is 0 Å². The average molecular weight is 303 g/mol. The van der Waals surface area contributed by atoms with Crippen molar-refractivity contribution in [2.24, 2.45) is 0 Å². The molecule has 0 spiro atoms. The van der Waals surface area contributed by atoms with E-state index in [-0.39, 0.29) is 5.78 Å². The zero-order valence-corrected chi connectivity index (χ0v) is 11.9. The Morgan fingerprint density at radius 1 is 1.11 bits per heavy atom. The number of hydrogen-bond acceptors (Lipinski definition) is 1. The maximum Gasteiger partial charge on any atom is 0.164 e. The molecule has 1 nitrogen and oxygen atoms in total. The van der Waals surface area contributed by atoms with E-state index in [1.807, 2.05) is 43.3 Å². The molecule has 0 unspecified atom stereocenters. The molecule has 0 N–H and O–H groups in total. The lowest BCUT2D eigenvalue weighted by Gasteiger charge is -2.05. The number of carbonyl (C=O) groups is 1. The number of halogens is 1. The summed E-state index contributed by atoms with van der Waals surface area (Å²) in [6.45, 7) is 2.00. The van der Waals surface area contributed by atoms with Crippen molar-refractivity contribution in [3.05, 3.63) is 69.7 Å². The van der Waals surface area contributed by atoms with Crippen LogP contribution in [-0.4, -0.2) is 5.78 Å². The molecular formula is C16H15BrO. The van der Waals surface area contributed by atoms with E-state index in [9.17, 15) is 4.79 Å². The third-order valence-corrected chi connectivity index (χ3v) is 3.60. The molecule has 0 aliphatic carbocycles. The van der Waals surface area contributed by atoms with E-state index in [1.54, 1.807) is 0 Å². The highest BCUT2D eigenvalue weighted by Gasteiger charge is 2.10. The normalized spacial score (nSPS) is 10.3. The largest absolute Gasteiger partial charge is 0.294 e. The molecule has 0 radical (unpaired) electrons. The second-order valence-electron chi connectivity index (χ2n) is 4.39. The van der Waals surface area contributed by atoms with Crippen LogP contribution in [0.15, 0.2) is 53.0 Å². The number of carbonyl (C=O) groups excluding carboxylic acids is 1. The number of benzene rings is 2. The van der Waals surface area contributed by atoms with Crippen molar-refractivity contribution in [3.8, 4) is 0 Å². The van der Waals surface area contributed by atoms with E-state index in [2.05, 4.69) is 28.1 Å². The van der Waals surface area contributed by atoms with Gasteiger partial charge >= 0.3 is 0 Å². The number of hydrogen-bond donors (Lipinski definition) is 0. The van der Waals surface area contributed by atoms with E-state index < -0.39 is 0 Å². The Hall–Kier alpha value is -1.41. The predicted octanol–water partition coefficient (Wildman–Crippen LogP) is 4.57. The molecule has 0 aromatic heterocycles. The number of rotatable bonds is 4. The van der Waals surface area contributed by atoms with Crippen molar-refractivity contribution in [1.29, 1.82) is 0 Å². The Morgan fingerprint density at radius 3 is 2.56 bits per heavy atom. The molecule has 2 aromatic rings. The van der Waals surface area contributed by atoms with Gasteiger partial charge in [0.2, 0.25) is 0 Å². The summed E-state index contributed by atoms with van der Waals surface area (Å²) in [5, 5.41) is 0. The zero-order valence-electron chi connectivity index (χ0n) is 10.3. The number of ketones is 1. The molecule has 0 aliphatic rings. The van der Waals surface area contributed by atoms with E-state index in [4.69, 9.17) is 0 Å². The molecule has 0 amide bonds. The molecule has 0 bridgehead atoms. The topological polar surface area (TPSA) is 17.1 Å². The van der Waals surface area contributed by atoms with Gasteiger partial charge in [-0.25, -0.2) is 0 Å². The molecular weight excluding hydrogens is 288 g/mol. The fourth-order valence-corrected chi connectivity index (χ4v) is 2.36. The van der Waals surface area contributed by atoms with Gasteiger partial charge in [0.05, 0.1) is 0 Å². The van der Waals surface area contributed by atoms with Crippen LogP contribution in [0.25, 0.3) is 0 Å². The molecule has 0 saturated carbocycles. The number of Topliss-reactive ketones (excluding diaryl/α,β-unsaturated/α-hetero) is 1. The van der Waals surface area contributed by atoms with Gasteiger partial charge in [-0.05, 0) is 31.0 Å². The maximum absolute atomic E-state index is 12.2. The minimum atomic E-state index is 0.189. The van der Waals surface area contributed by atoms with Crippen molar-refractivity contribution in [3.63, 3.8) is 0 Å². The van der Waals surface area contributed by atoms with Gasteiger partial charge in [0.25, 0.3) is 0 Å². The average Bonchev–Trinajstić information content (AvgIpc) is 2.40. The lowest BCUT2D eigenvalue weighted by atomic mass is 10.0. The van der Waals surface area contributed by atoms with Gasteiger partial charge in [0.15, 0.2) is 5.78 Å². The molecule has 0 saturated heterocycles. The monoisotopic (exact) mass is 302 g/mol. The second kappa shape index (κ2) is 5.96. The Bertz CT molecular complexity index is 546. The Kier molecular flexibility index (Phi) is 4.32. The highest BCUT2D eigenvalue weighted by molar-refractivity contribution is 9.10. The van der Waals surface area contributed by atoms with Crippen LogP contribution >= 0.6 is 15.9 Å². The van der Waals surface area contributed by atoms with Crippen molar-refractivity contribution in [2.45, 2.75) is 19.8 Å². The van der Waals surface area contributed by atoms with Gasteiger partial charge in [-0.3, -0.25) is 4.79 Å². The third kappa shape index (κ3) is 3.30. The van der Waals surface area contributed by atoms with Crippen LogP contribution in [0.5, 0.6) is 0 Å². The van der Waals surface area contributed by atoms with Crippen LogP contribution < -0.4 is 0 Å². The van der Waals surface area contributed by atoms with E-state index in [1.165, 1.54) is 5.56 Å². The standard InChI is InChI=1S/C16H15BrO/c1-12-7-9-15(17)14(11-12)16(18)10-8-13-5-3-2-4-6-13/h2-7,9,11H,8,10H2,1H3. The third-order valence-electron chi connectivity index (χ3n) is 2.91. The van der Waals surface area contributed by atoms with Crippen molar-refractivity contribution >= 4 is 21.7 Å². The van der Waals surface area contributed by atoms with Crippen LogP contribution in [0.1, 0.15) is 27.9 Å². The number of aryl methyl sites for hydroxylation is 2. The molecule has 2 heteroatoms. The minimum Gasteiger partial charge on any atom is -0.294 e. The molecule has 0 heterocycles. The van der Waals surface area contributed by atoms with Gasteiger partial charge in [-0.2, -0.15) is 0 Å². The Labute approximate surface area is 116 Å². The highest BCUT2D eigenvalue weighted by Crippen LogP contribution is 2.20. The molecule has 18 heavy (non-hydrogen) atoms. The first-order valence-electron chi connectivity index (χ1n) is 6.00. The quantitative estimate of drug-likeness (QED) is 0.756. The summed E-state index contributed by atoms with van der Waals surface area (Å²) in [6.07, 6.45) is 1.34. The molecule has 2 aromatic carbocycles. The summed E-state index contributed by atoms with van der Waals surface area (Å²) in [6, 6.07) is 16.0. The summed E-state index contributed by atoms with van der Waals surface area (Å²) >= 11 is 3.44. The highest BCUT2D eigenvalue weighted by atomic mass is 79.9. The van der Waals surface area contributed by atoms with Crippen molar-refractivity contribution in [2.75, 3.05) is 0 Å². The smallest absolute Gasteiger partial charge is 0.164 e. The maximum atomic E-state index is 12.2. The molecule has 0 atom stereocenters. The van der Waals surface area contributed by atoms with E-state index in [0.29, 0.717) is 6.42 Å². The first-order chi connectivity index (χ1) is 8.66. The van der Waals surface area contributed by atoms with E-state index in [0.717, 1.165) is 22.0 Å². The van der Waals surface area contributed by atoms with Crippen LogP contribution in [0, 0.1) is 6.92 Å². The van der Waals surface area contributed by atoms with Gasteiger partial charge in [0.1, 0.15) is 0 Å². The lowest BCUT2D eigenvalue weighted by molar-refractivity contribution is 0.0982. The Morgan fingerprint density at radius 2 is 1.83 bits per heavy atom. The molecule has 92 valence electrons. The van der Waals surface area contributed by atoms with Gasteiger partial charge in [-0.15, -0.1) is 0 Å². The van der Waals surface area contributed by atoms with Gasteiger partial charge in [-0.1, -0.05) is 57.9 Å². The first-order valence-corrected chi connectivity index (χ1v) is 6.79. The molecule has 0 aliphatic heterocycles. The van der Waals surface area contributed by atoms with Crippen LogP contribution in [0.2, 0.25) is 0 Å². The fraction of sp³-hybridized carbons (Fsp3) is 0.188. The predicted molar refractivity (Wildman–Crippen MR) is 78.0 cm³/mol. The first kappa shape index (κ1) is 13.0. The van der Waals surface area contributed by atoms with Crippen LogP contribution in [0.4, 0.5) is 0 Å². The lowest BCUT2D eigenvalue weighted by Crippen LogP contribution is -2.02. The minimum absolute atomic E-state index is 0.189. The summed E-state index contributed by atoms with van der Waals surface area (Å²) in [5.74, 6) is 0.189. The molecule has 0 fully saturated rings. The summed E-state index contributed by atoms with van der Waals surface area (Å²) in [4.78, 5) is 12.2. The summed E-state index contributed by atoms with van der Waals surface area (Å²) < 4.78 is 0.881. The zero-order chi connectivity index (χ0) is 13.0. The SMILES string of the molecule is Cc1ccc(Br)c(C(=O)CCc2ccccc2)c1. The van der Waals surface area contributed by atoms with E-state index >= 15 is 0 Å². The Balaban J connectivity index is 2.06. The summed E-state index contributed by atoms with van der Waals surface area (Å²) in [7, 11) is 0. The summed E-state index contributed by atoms with van der Waals surface area (Å²) in [5.41, 5.74) is 3.10. The van der Waals surface area contributed by atoms with Crippen molar-refractivity contribution in [1.82, 2.24) is 0 Å². The van der Waals surface area contributed by atoms with Crippen molar-refractivity contribution < 1.29 is 4.79 Å². The van der Waals surface area contributed by atoms with Gasteiger partial charge in [0, 0.05) is 16.5 Å². The van der Waals surface area contributed by atoms with Crippen LogP contribution in [-0.2, 0) is 6.42 Å². The molecule has 2 rings (SSSR count). The fourth-order valence-electron chi connectivity index (χ4n) is 1.89.